The summed E-state index contributed by atoms with van der Waals surface area (Å²) in [4.78, 5) is 18.4. The molecule has 0 spiro atoms. The van der Waals surface area contributed by atoms with Gasteiger partial charge >= 0.3 is 6.03 Å². The zero-order valence-corrected chi connectivity index (χ0v) is 15.8. The highest BCUT2D eigenvalue weighted by atomic mass is 19.1. The van der Waals surface area contributed by atoms with Gasteiger partial charge in [-0.1, -0.05) is 24.6 Å². The summed E-state index contributed by atoms with van der Waals surface area (Å²) in [6.07, 6.45) is 4.48. The van der Waals surface area contributed by atoms with E-state index in [4.69, 9.17) is 4.74 Å². The van der Waals surface area contributed by atoms with E-state index in [0.717, 1.165) is 12.0 Å². The van der Waals surface area contributed by atoms with Crippen LogP contribution < -0.4 is 10.1 Å². The number of anilines is 1. The first-order chi connectivity index (χ1) is 13.0. The van der Waals surface area contributed by atoms with Gasteiger partial charge < -0.3 is 15.0 Å². The Morgan fingerprint density at radius 2 is 2.19 bits per heavy atom. The van der Waals surface area contributed by atoms with Crippen LogP contribution in [0.5, 0.6) is 5.88 Å². The number of aryl methyl sites for hydroxylation is 1. The van der Waals surface area contributed by atoms with Gasteiger partial charge in [-0.3, -0.25) is 0 Å². The number of hydrogen-bond donors (Lipinski definition) is 1. The fourth-order valence-corrected chi connectivity index (χ4v) is 3.20. The van der Waals surface area contributed by atoms with Gasteiger partial charge in [-0.25, -0.2) is 14.2 Å². The SMILES string of the molecule is COc1ccc(NC(=O)N2CCC(=Cc3ccc(F)c(C)c3)C(C)C2)cn1. The molecule has 2 amide bonds. The number of benzene rings is 1. The summed E-state index contributed by atoms with van der Waals surface area (Å²) in [5, 5.41) is 2.87. The summed E-state index contributed by atoms with van der Waals surface area (Å²) in [6.45, 7) is 5.16. The van der Waals surface area contributed by atoms with Gasteiger partial charge in [0.05, 0.1) is 19.0 Å². The summed E-state index contributed by atoms with van der Waals surface area (Å²) >= 11 is 0. The van der Waals surface area contributed by atoms with E-state index in [1.807, 2.05) is 11.0 Å². The standard InChI is InChI=1S/C21H24FN3O2/c1-14-10-16(4-6-19(14)22)11-17-8-9-25(13-15(17)2)21(26)24-18-5-7-20(27-3)23-12-18/h4-7,10-12,15H,8-9,13H2,1-3H3,(H,24,26). The molecule has 1 aromatic heterocycles. The molecule has 1 atom stereocenters. The maximum absolute atomic E-state index is 13.4. The van der Waals surface area contributed by atoms with Gasteiger partial charge in [0, 0.05) is 19.2 Å². The molecule has 142 valence electrons. The van der Waals surface area contributed by atoms with Crippen LogP contribution in [-0.4, -0.2) is 36.1 Å². The number of urea groups is 1. The zero-order valence-electron chi connectivity index (χ0n) is 15.8. The number of pyridine rings is 1. The van der Waals surface area contributed by atoms with Crippen LogP contribution in [0.2, 0.25) is 0 Å². The lowest BCUT2D eigenvalue weighted by molar-refractivity contribution is 0.198. The van der Waals surface area contributed by atoms with Crippen LogP contribution in [0.25, 0.3) is 6.08 Å². The van der Waals surface area contributed by atoms with E-state index >= 15 is 0 Å². The Kier molecular flexibility index (Phi) is 5.74. The van der Waals surface area contributed by atoms with Gasteiger partial charge in [-0.2, -0.15) is 0 Å². The molecule has 2 aromatic rings. The Morgan fingerprint density at radius 3 is 2.81 bits per heavy atom. The molecule has 1 unspecified atom stereocenters. The van der Waals surface area contributed by atoms with Crippen molar-refractivity contribution in [1.29, 1.82) is 0 Å². The van der Waals surface area contributed by atoms with Crippen molar-refractivity contribution in [1.82, 2.24) is 9.88 Å². The van der Waals surface area contributed by atoms with Crippen molar-refractivity contribution in [3.05, 3.63) is 59.0 Å². The van der Waals surface area contributed by atoms with Crippen LogP contribution in [0.3, 0.4) is 0 Å². The number of carbonyl (C=O) groups excluding carboxylic acids is 1. The van der Waals surface area contributed by atoms with Crippen LogP contribution in [-0.2, 0) is 0 Å². The highest BCUT2D eigenvalue weighted by molar-refractivity contribution is 5.89. The van der Waals surface area contributed by atoms with Crippen LogP contribution in [0.4, 0.5) is 14.9 Å². The Morgan fingerprint density at radius 1 is 1.37 bits per heavy atom. The summed E-state index contributed by atoms with van der Waals surface area (Å²) in [6, 6.07) is 8.48. The molecule has 0 aliphatic carbocycles. The van der Waals surface area contributed by atoms with Crippen molar-refractivity contribution in [3.8, 4) is 5.88 Å². The summed E-state index contributed by atoms with van der Waals surface area (Å²) in [5.74, 6) is 0.555. The lowest BCUT2D eigenvalue weighted by Crippen LogP contribution is -2.42. The molecule has 0 saturated carbocycles. The number of aromatic nitrogens is 1. The maximum Gasteiger partial charge on any atom is 0.321 e. The average molecular weight is 369 g/mol. The van der Waals surface area contributed by atoms with E-state index in [-0.39, 0.29) is 17.8 Å². The molecule has 1 aromatic carbocycles. The second-order valence-corrected chi connectivity index (χ2v) is 6.84. The van der Waals surface area contributed by atoms with Gasteiger partial charge in [0.1, 0.15) is 5.82 Å². The van der Waals surface area contributed by atoms with E-state index in [9.17, 15) is 9.18 Å². The Hall–Kier alpha value is -2.89. The Labute approximate surface area is 158 Å². The van der Waals surface area contributed by atoms with E-state index in [1.165, 1.54) is 11.6 Å². The van der Waals surface area contributed by atoms with Gasteiger partial charge in [0.25, 0.3) is 0 Å². The number of methoxy groups -OCH3 is 1. The molecule has 1 aliphatic heterocycles. The molecule has 1 saturated heterocycles. The summed E-state index contributed by atoms with van der Waals surface area (Å²) < 4.78 is 18.4. The number of rotatable bonds is 3. The fourth-order valence-electron chi connectivity index (χ4n) is 3.20. The Bertz CT molecular complexity index is 849. The number of nitrogens with one attached hydrogen (secondary N) is 1. The fraction of sp³-hybridized carbons (Fsp3) is 0.333. The number of hydrogen-bond acceptors (Lipinski definition) is 3. The number of piperidine rings is 1. The molecule has 5 nitrogen and oxygen atoms in total. The van der Waals surface area contributed by atoms with Crippen molar-refractivity contribution in [2.45, 2.75) is 20.3 Å². The number of halogens is 1. The van der Waals surface area contributed by atoms with Crippen molar-refractivity contribution >= 4 is 17.8 Å². The number of ether oxygens (including phenoxy) is 1. The third-order valence-corrected chi connectivity index (χ3v) is 4.82. The predicted molar refractivity (Wildman–Crippen MR) is 104 cm³/mol. The van der Waals surface area contributed by atoms with Gasteiger partial charge in [0.2, 0.25) is 5.88 Å². The largest absolute Gasteiger partial charge is 0.481 e. The predicted octanol–water partition coefficient (Wildman–Crippen LogP) is 4.50. The van der Waals surface area contributed by atoms with Gasteiger partial charge in [-0.05, 0) is 48.6 Å². The molecule has 6 heteroatoms. The van der Waals surface area contributed by atoms with E-state index in [0.29, 0.717) is 30.2 Å². The Balaban J connectivity index is 1.62. The summed E-state index contributed by atoms with van der Waals surface area (Å²) in [5.41, 5.74) is 3.55. The van der Waals surface area contributed by atoms with Gasteiger partial charge in [-0.15, -0.1) is 0 Å². The second-order valence-electron chi connectivity index (χ2n) is 6.84. The molecule has 1 fully saturated rings. The minimum Gasteiger partial charge on any atom is -0.481 e. The highest BCUT2D eigenvalue weighted by Gasteiger charge is 2.24. The van der Waals surface area contributed by atoms with Crippen LogP contribution in [0, 0.1) is 18.7 Å². The molecule has 1 N–H and O–H groups in total. The first-order valence-electron chi connectivity index (χ1n) is 8.99. The quantitative estimate of drug-likeness (QED) is 0.867. The third-order valence-electron chi connectivity index (χ3n) is 4.82. The zero-order chi connectivity index (χ0) is 19.4. The number of likely N-dealkylation sites (tertiary alicyclic amines) is 1. The smallest absolute Gasteiger partial charge is 0.321 e. The monoisotopic (exact) mass is 369 g/mol. The lowest BCUT2D eigenvalue weighted by Gasteiger charge is -2.33. The van der Waals surface area contributed by atoms with E-state index in [1.54, 1.807) is 38.4 Å². The third kappa shape index (κ3) is 4.64. The van der Waals surface area contributed by atoms with Crippen molar-refractivity contribution < 1.29 is 13.9 Å². The van der Waals surface area contributed by atoms with Crippen LogP contribution in [0.1, 0.15) is 24.5 Å². The van der Waals surface area contributed by atoms with Crippen molar-refractivity contribution in [2.75, 3.05) is 25.5 Å². The highest BCUT2D eigenvalue weighted by Crippen LogP contribution is 2.26. The summed E-state index contributed by atoms with van der Waals surface area (Å²) in [7, 11) is 1.55. The lowest BCUT2D eigenvalue weighted by atomic mass is 9.91. The van der Waals surface area contributed by atoms with Crippen LogP contribution in [0.15, 0.2) is 42.1 Å². The second kappa shape index (κ2) is 8.20. The average Bonchev–Trinajstić information content (AvgIpc) is 2.67. The van der Waals surface area contributed by atoms with Crippen LogP contribution >= 0.6 is 0 Å². The first kappa shape index (κ1) is 18.9. The number of carbonyl (C=O) groups is 1. The molecule has 1 aliphatic rings. The molecular weight excluding hydrogens is 345 g/mol. The topological polar surface area (TPSA) is 54.5 Å². The van der Waals surface area contributed by atoms with Gasteiger partial charge in [0.15, 0.2) is 0 Å². The van der Waals surface area contributed by atoms with Crippen molar-refractivity contribution in [2.24, 2.45) is 5.92 Å². The minimum atomic E-state index is -0.190. The molecule has 0 radical (unpaired) electrons. The molecule has 0 bridgehead atoms. The first-order valence-corrected chi connectivity index (χ1v) is 8.99. The number of amides is 2. The van der Waals surface area contributed by atoms with E-state index in [2.05, 4.69) is 23.3 Å². The van der Waals surface area contributed by atoms with Crippen molar-refractivity contribution in [3.63, 3.8) is 0 Å². The molecule has 27 heavy (non-hydrogen) atoms. The molecule has 2 heterocycles. The number of nitrogens with zero attached hydrogens (tertiary/aromatic N) is 2. The molecule has 3 rings (SSSR count). The minimum absolute atomic E-state index is 0.134. The van der Waals surface area contributed by atoms with E-state index < -0.39 is 0 Å². The maximum atomic E-state index is 13.4. The molecular formula is C21H24FN3O2. The normalized spacial score (nSPS) is 18.4.